The second-order valence-corrected chi connectivity index (χ2v) is 9.31. The molecule has 1 atom stereocenters. The van der Waals surface area contributed by atoms with Gasteiger partial charge in [0.1, 0.15) is 0 Å². The number of amides is 2. The van der Waals surface area contributed by atoms with Crippen molar-refractivity contribution in [3.8, 4) is 0 Å². The van der Waals surface area contributed by atoms with Crippen LogP contribution in [-0.2, 0) is 9.59 Å². The molecule has 28 heavy (non-hydrogen) atoms. The lowest BCUT2D eigenvalue weighted by Crippen LogP contribution is -2.51. The fraction of sp³-hybridized carbons (Fsp3) is 0.826. The molecule has 0 unspecified atom stereocenters. The quantitative estimate of drug-likeness (QED) is 0.713. The zero-order valence-electron chi connectivity index (χ0n) is 17.3. The van der Waals surface area contributed by atoms with Crippen molar-refractivity contribution >= 4 is 11.8 Å². The number of hydrogen-bond acceptors (Lipinski definition) is 3. The molecular formula is C23H37N3O2. The molecule has 2 saturated heterocycles. The number of nitrogens with one attached hydrogen (secondary N) is 1. The molecule has 0 bridgehead atoms. The molecule has 1 saturated carbocycles. The zero-order valence-corrected chi connectivity index (χ0v) is 17.3. The van der Waals surface area contributed by atoms with Crippen molar-refractivity contribution in [2.75, 3.05) is 32.7 Å². The first kappa shape index (κ1) is 19.9. The van der Waals surface area contributed by atoms with Crippen LogP contribution in [0.15, 0.2) is 11.6 Å². The lowest BCUT2D eigenvalue weighted by atomic mass is 9.93. The van der Waals surface area contributed by atoms with Gasteiger partial charge in [-0.2, -0.15) is 0 Å². The third-order valence-corrected chi connectivity index (χ3v) is 7.17. The molecule has 5 nitrogen and oxygen atoms in total. The minimum Gasteiger partial charge on any atom is -0.356 e. The van der Waals surface area contributed by atoms with Gasteiger partial charge in [-0.3, -0.25) is 14.5 Å². The Hall–Kier alpha value is -1.36. The van der Waals surface area contributed by atoms with Crippen molar-refractivity contribution in [1.29, 1.82) is 0 Å². The molecule has 0 spiro atoms. The van der Waals surface area contributed by atoms with Crippen LogP contribution in [0.25, 0.3) is 0 Å². The molecular weight excluding hydrogens is 350 g/mol. The van der Waals surface area contributed by atoms with Crippen LogP contribution in [-0.4, -0.2) is 60.4 Å². The van der Waals surface area contributed by atoms with Crippen LogP contribution >= 0.6 is 0 Å². The highest BCUT2D eigenvalue weighted by atomic mass is 16.2. The highest BCUT2D eigenvalue weighted by Crippen LogP contribution is 2.32. The number of likely N-dealkylation sites (tertiary alicyclic amines) is 2. The highest BCUT2D eigenvalue weighted by Gasteiger charge is 2.37. The molecule has 4 rings (SSSR count). The van der Waals surface area contributed by atoms with Gasteiger partial charge in [0, 0.05) is 38.1 Å². The van der Waals surface area contributed by atoms with Crippen LogP contribution in [0.5, 0.6) is 0 Å². The van der Waals surface area contributed by atoms with E-state index in [1.807, 2.05) is 0 Å². The summed E-state index contributed by atoms with van der Waals surface area (Å²) in [5.41, 5.74) is 1.53. The van der Waals surface area contributed by atoms with E-state index in [2.05, 4.69) is 21.2 Å². The van der Waals surface area contributed by atoms with Gasteiger partial charge in [0.15, 0.2) is 0 Å². The normalized spacial score (nSPS) is 27.4. The van der Waals surface area contributed by atoms with Crippen LogP contribution in [0.2, 0.25) is 0 Å². The first-order valence-electron chi connectivity index (χ1n) is 11.7. The summed E-state index contributed by atoms with van der Waals surface area (Å²) in [7, 11) is 0. The molecule has 2 amide bonds. The molecule has 156 valence electrons. The topological polar surface area (TPSA) is 52.7 Å². The van der Waals surface area contributed by atoms with Gasteiger partial charge in [-0.25, -0.2) is 0 Å². The SMILES string of the molecule is O=C(NCCC1=CCCCC1)[C@H]1CCCN(C2CCN(C(=O)C3CC3)CC2)C1. The van der Waals surface area contributed by atoms with Crippen LogP contribution in [0.3, 0.4) is 0 Å². The standard InChI is InChI=1S/C23H37N3O2/c27-22(24-13-10-18-5-2-1-3-6-18)20-7-4-14-26(17-20)21-11-15-25(16-12-21)23(28)19-8-9-19/h5,19-21H,1-4,6-17H2,(H,24,27)/t20-/m0/s1. The largest absolute Gasteiger partial charge is 0.356 e. The zero-order chi connectivity index (χ0) is 19.3. The van der Waals surface area contributed by atoms with Crippen molar-refractivity contribution < 1.29 is 9.59 Å². The Morgan fingerprint density at radius 1 is 0.964 bits per heavy atom. The van der Waals surface area contributed by atoms with Crippen molar-refractivity contribution in [3.63, 3.8) is 0 Å². The lowest BCUT2D eigenvalue weighted by Gasteiger charge is -2.42. The molecule has 0 radical (unpaired) electrons. The van der Waals surface area contributed by atoms with E-state index in [9.17, 15) is 9.59 Å². The van der Waals surface area contributed by atoms with Gasteiger partial charge >= 0.3 is 0 Å². The van der Waals surface area contributed by atoms with Gasteiger partial charge in [-0.15, -0.1) is 0 Å². The molecule has 0 aromatic rings. The van der Waals surface area contributed by atoms with Crippen LogP contribution in [0, 0.1) is 11.8 Å². The van der Waals surface area contributed by atoms with Crippen molar-refractivity contribution in [1.82, 2.24) is 15.1 Å². The molecule has 2 heterocycles. The van der Waals surface area contributed by atoms with Crippen molar-refractivity contribution in [2.45, 2.75) is 76.7 Å². The molecule has 2 aliphatic carbocycles. The van der Waals surface area contributed by atoms with Crippen LogP contribution in [0.1, 0.15) is 70.6 Å². The summed E-state index contributed by atoms with van der Waals surface area (Å²) in [4.78, 5) is 29.6. The highest BCUT2D eigenvalue weighted by molar-refractivity contribution is 5.81. The second kappa shape index (κ2) is 9.43. The van der Waals surface area contributed by atoms with Gasteiger partial charge in [-0.05, 0) is 77.2 Å². The van der Waals surface area contributed by atoms with Gasteiger partial charge in [0.05, 0.1) is 5.92 Å². The number of allylic oxidation sites excluding steroid dienone is 1. The third-order valence-electron chi connectivity index (χ3n) is 7.17. The van der Waals surface area contributed by atoms with Gasteiger partial charge in [0.25, 0.3) is 0 Å². The summed E-state index contributed by atoms with van der Waals surface area (Å²) < 4.78 is 0. The van der Waals surface area contributed by atoms with Gasteiger partial charge < -0.3 is 10.2 Å². The number of rotatable bonds is 6. The number of hydrogen-bond donors (Lipinski definition) is 1. The molecule has 0 aromatic heterocycles. The maximum atomic E-state index is 12.7. The van der Waals surface area contributed by atoms with Crippen LogP contribution < -0.4 is 5.32 Å². The predicted molar refractivity (Wildman–Crippen MR) is 111 cm³/mol. The summed E-state index contributed by atoms with van der Waals surface area (Å²) in [5, 5.41) is 3.21. The minimum absolute atomic E-state index is 0.139. The number of piperidine rings is 2. The first-order valence-corrected chi connectivity index (χ1v) is 11.7. The number of nitrogens with zero attached hydrogens (tertiary/aromatic N) is 2. The minimum atomic E-state index is 0.139. The second-order valence-electron chi connectivity index (χ2n) is 9.31. The summed E-state index contributed by atoms with van der Waals surface area (Å²) >= 11 is 0. The Morgan fingerprint density at radius 3 is 2.50 bits per heavy atom. The third kappa shape index (κ3) is 5.16. The summed E-state index contributed by atoms with van der Waals surface area (Å²) in [6.45, 7) is 4.61. The Morgan fingerprint density at radius 2 is 1.79 bits per heavy atom. The maximum Gasteiger partial charge on any atom is 0.225 e. The summed E-state index contributed by atoms with van der Waals surface area (Å²) in [6, 6.07) is 0.547. The van der Waals surface area contributed by atoms with E-state index in [0.29, 0.717) is 17.9 Å². The van der Waals surface area contributed by atoms with E-state index in [1.54, 1.807) is 0 Å². The Labute approximate surface area is 169 Å². The van der Waals surface area contributed by atoms with E-state index >= 15 is 0 Å². The molecule has 4 aliphatic rings. The number of carbonyl (C=O) groups is 2. The van der Waals surface area contributed by atoms with E-state index < -0.39 is 0 Å². The Bertz CT molecular complexity index is 591. The monoisotopic (exact) mass is 387 g/mol. The van der Waals surface area contributed by atoms with Crippen molar-refractivity contribution in [3.05, 3.63) is 11.6 Å². The Balaban J connectivity index is 1.19. The fourth-order valence-electron chi connectivity index (χ4n) is 5.21. The van der Waals surface area contributed by atoms with Gasteiger partial charge in [0.2, 0.25) is 11.8 Å². The smallest absolute Gasteiger partial charge is 0.225 e. The van der Waals surface area contributed by atoms with E-state index in [1.165, 1.54) is 31.3 Å². The average Bonchev–Trinajstić information content (AvgIpc) is 3.60. The Kier molecular flexibility index (Phi) is 6.71. The lowest BCUT2D eigenvalue weighted by molar-refractivity contribution is -0.134. The molecule has 2 aliphatic heterocycles. The molecule has 1 N–H and O–H groups in total. The summed E-state index contributed by atoms with van der Waals surface area (Å²) in [6.07, 6.45) is 14.9. The van der Waals surface area contributed by atoms with Crippen LogP contribution in [0.4, 0.5) is 0 Å². The van der Waals surface area contributed by atoms with E-state index in [0.717, 1.165) is 77.7 Å². The van der Waals surface area contributed by atoms with E-state index in [4.69, 9.17) is 0 Å². The summed E-state index contributed by atoms with van der Waals surface area (Å²) in [5.74, 6) is 1.12. The fourth-order valence-corrected chi connectivity index (χ4v) is 5.21. The average molecular weight is 388 g/mol. The first-order chi connectivity index (χ1) is 13.7. The molecule has 5 heteroatoms. The molecule has 3 fully saturated rings. The molecule has 0 aromatic carbocycles. The van der Waals surface area contributed by atoms with E-state index in [-0.39, 0.29) is 11.8 Å². The van der Waals surface area contributed by atoms with Gasteiger partial charge in [-0.1, -0.05) is 11.6 Å². The van der Waals surface area contributed by atoms with Crippen molar-refractivity contribution in [2.24, 2.45) is 11.8 Å². The maximum absolute atomic E-state index is 12.7. The number of carbonyl (C=O) groups excluding carboxylic acids is 2. The predicted octanol–water partition coefficient (Wildman–Crippen LogP) is 3.11.